The SMILES string of the molecule is CNC(=O)C1CCCN1CCCC(=O)c1ccc(Br)cc1. The van der Waals surface area contributed by atoms with Gasteiger partial charge in [0, 0.05) is 23.5 Å². The summed E-state index contributed by atoms with van der Waals surface area (Å²) >= 11 is 3.36. The van der Waals surface area contributed by atoms with E-state index in [4.69, 9.17) is 0 Å². The lowest BCUT2D eigenvalue weighted by molar-refractivity contribution is -0.124. The van der Waals surface area contributed by atoms with Gasteiger partial charge in [0.2, 0.25) is 5.91 Å². The van der Waals surface area contributed by atoms with Gasteiger partial charge in [-0.1, -0.05) is 28.1 Å². The van der Waals surface area contributed by atoms with Crippen molar-refractivity contribution in [1.29, 1.82) is 0 Å². The number of carbonyl (C=O) groups is 2. The van der Waals surface area contributed by atoms with Crippen LogP contribution in [0.1, 0.15) is 36.0 Å². The third kappa shape index (κ3) is 4.38. The molecule has 1 heterocycles. The Morgan fingerprint density at radius 2 is 2.05 bits per heavy atom. The van der Waals surface area contributed by atoms with Crippen molar-refractivity contribution in [1.82, 2.24) is 10.2 Å². The molecule has 1 atom stereocenters. The van der Waals surface area contributed by atoms with Crippen LogP contribution in [0.25, 0.3) is 0 Å². The third-order valence-electron chi connectivity index (χ3n) is 3.93. The second kappa shape index (κ2) is 7.71. The van der Waals surface area contributed by atoms with Gasteiger partial charge in [0.1, 0.15) is 0 Å². The van der Waals surface area contributed by atoms with Crippen molar-refractivity contribution in [3.63, 3.8) is 0 Å². The van der Waals surface area contributed by atoms with Gasteiger partial charge in [-0.25, -0.2) is 0 Å². The van der Waals surface area contributed by atoms with Crippen LogP contribution in [0, 0.1) is 0 Å². The minimum absolute atomic E-state index is 0.0159. The van der Waals surface area contributed by atoms with E-state index in [0.717, 1.165) is 42.4 Å². The molecule has 114 valence electrons. The Morgan fingerprint density at radius 1 is 1.33 bits per heavy atom. The molecule has 2 rings (SSSR count). The molecule has 1 aliphatic heterocycles. The fourth-order valence-corrected chi connectivity index (χ4v) is 3.04. The van der Waals surface area contributed by atoms with Gasteiger partial charge in [0.25, 0.3) is 0 Å². The normalized spacial score (nSPS) is 18.7. The maximum Gasteiger partial charge on any atom is 0.237 e. The number of likely N-dealkylation sites (N-methyl/N-ethyl adjacent to an activating group) is 1. The lowest BCUT2D eigenvalue weighted by Gasteiger charge is -2.22. The number of likely N-dealkylation sites (tertiary alicyclic amines) is 1. The Hall–Kier alpha value is -1.20. The highest BCUT2D eigenvalue weighted by molar-refractivity contribution is 9.10. The summed E-state index contributed by atoms with van der Waals surface area (Å²) in [5.74, 6) is 0.255. The van der Waals surface area contributed by atoms with E-state index in [-0.39, 0.29) is 17.7 Å². The first-order valence-electron chi connectivity index (χ1n) is 7.36. The van der Waals surface area contributed by atoms with Crippen molar-refractivity contribution >= 4 is 27.6 Å². The number of rotatable bonds is 6. The molecule has 0 bridgehead atoms. The molecule has 21 heavy (non-hydrogen) atoms. The van der Waals surface area contributed by atoms with Gasteiger partial charge in [-0.05, 0) is 44.5 Å². The molecular weight excluding hydrogens is 332 g/mol. The average Bonchev–Trinajstić information content (AvgIpc) is 2.95. The predicted octanol–water partition coefficient (Wildman–Crippen LogP) is 2.62. The molecule has 0 aromatic heterocycles. The van der Waals surface area contributed by atoms with Crippen LogP contribution in [0.5, 0.6) is 0 Å². The van der Waals surface area contributed by atoms with E-state index in [9.17, 15) is 9.59 Å². The van der Waals surface area contributed by atoms with E-state index in [1.807, 2.05) is 24.3 Å². The molecule has 1 unspecified atom stereocenters. The number of hydrogen-bond donors (Lipinski definition) is 1. The lowest BCUT2D eigenvalue weighted by atomic mass is 10.1. The molecule has 0 spiro atoms. The topological polar surface area (TPSA) is 49.4 Å². The maximum absolute atomic E-state index is 12.1. The molecule has 1 saturated heterocycles. The number of benzene rings is 1. The Bertz CT molecular complexity index is 502. The minimum atomic E-state index is -0.0159. The van der Waals surface area contributed by atoms with Crippen LogP contribution in [0.3, 0.4) is 0 Å². The number of halogens is 1. The van der Waals surface area contributed by atoms with E-state index < -0.39 is 0 Å². The number of ketones is 1. The van der Waals surface area contributed by atoms with Crippen molar-refractivity contribution in [2.24, 2.45) is 0 Å². The first kappa shape index (κ1) is 16.2. The van der Waals surface area contributed by atoms with Crippen molar-refractivity contribution in [3.05, 3.63) is 34.3 Å². The molecule has 1 N–H and O–H groups in total. The van der Waals surface area contributed by atoms with E-state index >= 15 is 0 Å². The number of Topliss-reactive ketones (excluding diaryl/α,β-unsaturated/α-hetero) is 1. The summed E-state index contributed by atoms with van der Waals surface area (Å²) in [6.45, 7) is 1.75. The van der Waals surface area contributed by atoms with Crippen molar-refractivity contribution in [3.8, 4) is 0 Å². The first-order chi connectivity index (χ1) is 10.1. The summed E-state index contributed by atoms with van der Waals surface area (Å²) in [4.78, 5) is 26.0. The highest BCUT2D eigenvalue weighted by Crippen LogP contribution is 2.18. The Morgan fingerprint density at radius 3 is 2.71 bits per heavy atom. The number of amides is 1. The largest absolute Gasteiger partial charge is 0.358 e. The van der Waals surface area contributed by atoms with Gasteiger partial charge >= 0.3 is 0 Å². The van der Waals surface area contributed by atoms with E-state index in [2.05, 4.69) is 26.1 Å². The highest BCUT2D eigenvalue weighted by Gasteiger charge is 2.29. The average molecular weight is 353 g/mol. The zero-order valence-corrected chi connectivity index (χ0v) is 13.9. The van der Waals surface area contributed by atoms with Crippen LogP contribution in [-0.4, -0.2) is 42.8 Å². The third-order valence-corrected chi connectivity index (χ3v) is 4.46. The number of carbonyl (C=O) groups excluding carboxylic acids is 2. The summed E-state index contributed by atoms with van der Waals surface area (Å²) in [7, 11) is 1.68. The van der Waals surface area contributed by atoms with Crippen molar-refractivity contribution in [2.75, 3.05) is 20.1 Å². The number of nitrogens with one attached hydrogen (secondary N) is 1. The first-order valence-corrected chi connectivity index (χ1v) is 8.15. The zero-order chi connectivity index (χ0) is 15.2. The summed E-state index contributed by atoms with van der Waals surface area (Å²) in [6, 6.07) is 7.44. The quantitative estimate of drug-likeness (QED) is 0.800. The molecule has 5 heteroatoms. The van der Waals surface area contributed by atoms with Gasteiger partial charge in [-0.15, -0.1) is 0 Å². The van der Waals surface area contributed by atoms with Crippen LogP contribution >= 0.6 is 15.9 Å². The molecule has 0 radical (unpaired) electrons. The van der Waals surface area contributed by atoms with Crippen LogP contribution in [0.4, 0.5) is 0 Å². The second-order valence-corrected chi connectivity index (χ2v) is 6.26. The van der Waals surface area contributed by atoms with Crippen molar-refractivity contribution < 1.29 is 9.59 Å². The van der Waals surface area contributed by atoms with Gasteiger partial charge in [0.05, 0.1) is 6.04 Å². The monoisotopic (exact) mass is 352 g/mol. The van der Waals surface area contributed by atoms with Crippen LogP contribution in [0.15, 0.2) is 28.7 Å². The molecule has 1 aromatic rings. The Balaban J connectivity index is 1.79. The van der Waals surface area contributed by atoms with Crippen molar-refractivity contribution in [2.45, 2.75) is 31.7 Å². The van der Waals surface area contributed by atoms with Gasteiger partial charge in [-0.2, -0.15) is 0 Å². The van der Waals surface area contributed by atoms with Crippen LogP contribution in [0.2, 0.25) is 0 Å². The van der Waals surface area contributed by atoms with E-state index in [1.54, 1.807) is 7.05 Å². The summed E-state index contributed by atoms with van der Waals surface area (Å²) in [5, 5.41) is 2.72. The fraction of sp³-hybridized carbons (Fsp3) is 0.500. The van der Waals surface area contributed by atoms with E-state index in [1.165, 1.54) is 0 Å². The van der Waals surface area contributed by atoms with Gasteiger partial charge in [-0.3, -0.25) is 14.5 Å². The summed E-state index contributed by atoms with van der Waals surface area (Å²) in [5.41, 5.74) is 0.752. The van der Waals surface area contributed by atoms with E-state index in [0.29, 0.717) is 6.42 Å². The minimum Gasteiger partial charge on any atom is -0.358 e. The second-order valence-electron chi connectivity index (χ2n) is 5.34. The summed E-state index contributed by atoms with van der Waals surface area (Å²) < 4.78 is 0.976. The smallest absolute Gasteiger partial charge is 0.237 e. The molecule has 0 aliphatic carbocycles. The lowest BCUT2D eigenvalue weighted by Crippen LogP contribution is -2.42. The van der Waals surface area contributed by atoms with Gasteiger partial charge in [0.15, 0.2) is 5.78 Å². The molecule has 1 aliphatic rings. The fourth-order valence-electron chi connectivity index (χ4n) is 2.78. The molecule has 4 nitrogen and oxygen atoms in total. The Kier molecular flexibility index (Phi) is 5.94. The maximum atomic E-state index is 12.1. The summed E-state index contributed by atoms with van der Waals surface area (Å²) in [6.07, 6.45) is 3.29. The van der Waals surface area contributed by atoms with Crippen LogP contribution in [-0.2, 0) is 4.79 Å². The Labute approximate surface area is 134 Å². The number of hydrogen-bond acceptors (Lipinski definition) is 3. The van der Waals surface area contributed by atoms with Gasteiger partial charge < -0.3 is 5.32 Å². The highest BCUT2D eigenvalue weighted by atomic mass is 79.9. The predicted molar refractivity (Wildman–Crippen MR) is 86.4 cm³/mol. The molecular formula is C16H21BrN2O2. The zero-order valence-electron chi connectivity index (χ0n) is 12.3. The molecule has 1 fully saturated rings. The number of nitrogens with zero attached hydrogens (tertiary/aromatic N) is 1. The standard InChI is InChI=1S/C16H21BrN2O2/c1-18-16(21)14-4-2-10-19(14)11-3-5-15(20)12-6-8-13(17)9-7-12/h6-9,14H,2-5,10-11H2,1H3,(H,18,21). The molecule has 0 saturated carbocycles. The molecule has 1 amide bonds. The van der Waals surface area contributed by atoms with Crippen LogP contribution < -0.4 is 5.32 Å². The molecule has 1 aromatic carbocycles.